The van der Waals surface area contributed by atoms with Gasteiger partial charge in [-0.2, -0.15) is 9.78 Å². The smallest absolute Gasteiger partial charge is 0.337 e. The number of carbonyl (C=O) groups excluding carboxylic acids is 2. The second kappa shape index (κ2) is 10.6. The standard InChI is InChI=1S/C22H20N8O4S/c1-13-3-9-16(10-4-13)35-12-17-18(25-29-30(17)20-19(23)27-34-28-20)21(31)26-24-11-14-5-7-15(8-6-14)22(32)33-2/h3-11H,12H2,1-2H3,(H2,23,27)(H,26,31)/b24-11-. The van der Waals surface area contributed by atoms with Gasteiger partial charge in [0, 0.05) is 10.6 Å². The predicted octanol–water partition coefficient (Wildman–Crippen LogP) is 2.38. The van der Waals surface area contributed by atoms with Crippen molar-refractivity contribution in [3.05, 3.63) is 76.6 Å². The first-order valence-corrected chi connectivity index (χ1v) is 11.2. The van der Waals surface area contributed by atoms with E-state index in [1.165, 1.54) is 29.8 Å². The van der Waals surface area contributed by atoms with Crippen molar-refractivity contribution in [1.82, 2.24) is 30.7 Å². The van der Waals surface area contributed by atoms with E-state index in [-0.39, 0.29) is 17.3 Å². The Kier molecular flexibility index (Phi) is 7.16. The number of aryl methyl sites for hydroxylation is 1. The Morgan fingerprint density at radius 3 is 2.57 bits per heavy atom. The Morgan fingerprint density at radius 2 is 1.91 bits per heavy atom. The molecule has 0 aliphatic carbocycles. The number of anilines is 1. The number of nitrogens with zero attached hydrogens (tertiary/aromatic N) is 6. The van der Waals surface area contributed by atoms with E-state index in [1.807, 2.05) is 31.2 Å². The fourth-order valence-electron chi connectivity index (χ4n) is 2.94. The van der Waals surface area contributed by atoms with Gasteiger partial charge in [-0.25, -0.2) is 14.8 Å². The van der Waals surface area contributed by atoms with Crippen LogP contribution in [0.1, 0.15) is 37.7 Å². The Hall–Kier alpha value is -4.52. The van der Waals surface area contributed by atoms with Crippen LogP contribution in [0.4, 0.5) is 5.82 Å². The summed E-state index contributed by atoms with van der Waals surface area (Å²) in [5, 5.41) is 19.3. The quantitative estimate of drug-likeness (QED) is 0.161. The SMILES string of the molecule is COC(=O)c1ccc(/C=N\NC(=O)c2nnn(-c3nonc3N)c2CSc2ccc(C)cc2)cc1. The number of esters is 1. The average Bonchev–Trinajstić information content (AvgIpc) is 3.49. The van der Waals surface area contributed by atoms with Crippen molar-refractivity contribution >= 4 is 35.7 Å². The number of rotatable bonds is 8. The van der Waals surface area contributed by atoms with Gasteiger partial charge in [-0.1, -0.05) is 35.0 Å². The number of nitrogens with one attached hydrogen (secondary N) is 1. The molecule has 1 amide bonds. The highest BCUT2D eigenvalue weighted by atomic mass is 32.2. The molecule has 2 aromatic carbocycles. The third-order valence-electron chi connectivity index (χ3n) is 4.78. The van der Waals surface area contributed by atoms with Crippen molar-refractivity contribution < 1.29 is 19.0 Å². The number of aromatic nitrogens is 5. The van der Waals surface area contributed by atoms with Crippen LogP contribution in [0.3, 0.4) is 0 Å². The van der Waals surface area contributed by atoms with E-state index in [1.54, 1.807) is 24.3 Å². The number of methoxy groups -OCH3 is 1. The monoisotopic (exact) mass is 492 g/mol. The second-order valence-corrected chi connectivity index (χ2v) is 8.23. The maximum Gasteiger partial charge on any atom is 0.337 e. The van der Waals surface area contributed by atoms with Crippen LogP contribution >= 0.6 is 11.8 Å². The molecule has 0 saturated carbocycles. The van der Waals surface area contributed by atoms with Crippen LogP contribution in [-0.2, 0) is 10.5 Å². The number of carbonyl (C=O) groups is 2. The van der Waals surface area contributed by atoms with Crippen molar-refractivity contribution in [3.63, 3.8) is 0 Å². The maximum absolute atomic E-state index is 12.9. The number of ether oxygens (including phenoxy) is 1. The lowest BCUT2D eigenvalue weighted by molar-refractivity contribution is 0.0600. The summed E-state index contributed by atoms with van der Waals surface area (Å²) in [6.07, 6.45) is 1.43. The topological polar surface area (TPSA) is 163 Å². The fourth-order valence-corrected chi connectivity index (χ4v) is 3.83. The molecule has 0 saturated heterocycles. The Morgan fingerprint density at radius 1 is 1.17 bits per heavy atom. The van der Waals surface area contributed by atoms with Gasteiger partial charge in [0.1, 0.15) is 0 Å². The molecule has 0 aliphatic heterocycles. The zero-order valence-electron chi connectivity index (χ0n) is 18.7. The van der Waals surface area contributed by atoms with E-state index in [2.05, 4.69) is 40.5 Å². The molecule has 0 fully saturated rings. The van der Waals surface area contributed by atoms with Gasteiger partial charge < -0.3 is 10.5 Å². The molecule has 0 radical (unpaired) electrons. The van der Waals surface area contributed by atoms with Crippen LogP contribution < -0.4 is 11.2 Å². The zero-order valence-corrected chi connectivity index (χ0v) is 19.5. The minimum atomic E-state index is -0.576. The number of hydrazone groups is 1. The first-order valence-electron chi connectivity index (χ1n) is 10.2. The first-order chi connectivity index (χ1) is 17.0. The average molecular weight is 493 g/mol. The number of hydrogen-bond donors (Lipinski definition) is 2. The maximum atomic E-state index is 12.9. The summed E-state index contributed by atoms with van der Waals surface area (Å²) < 4.78 is 10.7. The molecule has 0 aliphatic rings. The van der Waals surface area contributed by atoms with Crippen molar-refractivity contribution in [3.8, 4) is 5.82 Å². The van der Waals surface area contributed by atoms with Gasteiger partial charge in [-0.05, 0) is 47.1 Å². The van der Waals surface area contributed by atoms with E-state index >= 15 is 0 Å². The van der Waals surface area contributed by atoms with Crippen molar-refractivity contribution in [2.45, 2.75) is 17.6 Å². The number of nitrogen functional groups attached to an aromatic ring is 1. The molecule has 0 atom stereocenters. The molecular weight excluding hydrogens is 472 g/mol. The van der Waals surface area contributed by atoms with Crippen molar-refractivity contribution in [2.75, 3.05) is 12.8 Å². The Balaban J connectivity index is 1.52. The predicted molar refractivity (Wildman–Crippen MR) is 127 cm³/mol. The number of hydrogen-bond acceptors (Lipinski definition) is 11. The van der Waals surface area contributed by atoms with Crippen molar-refractivity contribution in [1.29, 1.82) is 0 Å². The molecule has 2 aromatic heterocycles. The van der Waals surface area contributed by atoms with Gasteiger partial charge in [0.15, 0.2) is 5.69 Å². The zero-order chi connectivity index (χ0) is 24.8. The summed E-state index contributed by atoms with van der Waals surface area (Å²) in [6, 6.07) is 14.5. The summed E-state index contributed by atoms with van der Waals surface area (Å²) in [5.41, 5.74) is 11.0. The molecule has 13 heteroatoms. The molecule has 2 heterocycles. The number of benzene rings is 2. The van der Waals surface area contributed by atoms with E-state index < -0.39 is 11.9 Å². The van der Waals surface area contributed by atoms with Crippen LogP contribution in [0.2, 0.25) is 0 Å². The Labute approximate surface area is 203 Å². The highest BCUT2D eigenvalue weighted by Crippen LogP contribution is 2.26. The van der Waals surface area contributed by atoms with Crippen LogP contribution in [0.5, 0.6) is 0 Å². The molecule has 3 N–H and O–H groups in total. The summed E-state index contributed by atoms with van der Waals surface area (Å²) in [6.45, 7) is 2.00. The van der Waals surface area contributed by atoms with E-state index in [4.69, 9.17) is 5.73 Å². The summed E-state index contributed by atoms with van der Waals surface area (Å²) in [4.78, 5) is 25.4. The molecule has 4 rings (SSSR count). The van der Waals surface area contributed by atoms with Gasteiger partial charge >= 0.3 is 5.97 Å². The lowest BCUT2D eigenvalue weighted by Gasteiger charge is -2.06. The lowest BCUT2D eigenvalue weighted by Crippen LogP contribution is -2.20. The third-order valence-corrected chi connectivity index (χ3v) is 5.81. The lowest BCUT2D eigenvalue weighted by atomic mass is 10.1. The molecule has 35 heavy (non-hydrogen) atoms. The number of thioether (sulfide) groups is 1. The molecule has 12 nitrogen and oxygen atoms in total. The summed E-state index contributed by atoms with van der Waals surface area (Å²) in [7, 11) is 1.31. The van der Waals surface area contributed by atoms with Gasteiger partial charge in [0.2, 0.25) is 11.6 Å². The normalized spacial score (nSPS) is 11.0. The largest absolute Gasteiger partial charge is 0.465 e. The van der Waals surface area contributed by atoms with Crippen molar-refractivity contribution in [2.24, 2.45) is 5.10 Å². The second-order valence-electron chi connectivity index (χ2n) is 7.18. The fraction of sp³-hybridized carbons (Fsp3) is 0.136. The molecule has 4 aromatic rings. The van der Waals surface area contributed by atoms with Crippen LogP contribution in [0.25, 0.3) is 5.82 Å². The molecular formula is C22H20N8O4S. The molecule has 0 spiro atoms. The van der Waals surface area contributed by atoms with Gasteiger partial charge in [0.25, 0.3) is 5.91 Å². The van der Waals surface area contributed by atoms with Crippen LogP contribution in [0.15, 0.2) is 63.2 Å². The van der Waals surface area contributed by atoms with E-state index in [9.17, 15) is 9.59 Å². The number of nitrogens with two attached hydrogens (primary N) is 1. The third kappa shape index (κ3) is 5.52. The first kappa shape index (κ1) is 23.6. The molecule has 0 bridgehead atoms. The number of amides is 1. The van der Waals surface area contributed by atoms with Crippen LogP contribution in [0, 0.1) is 6.92 Å². The minimum Gasteiger partial charge on any atom is -0.465 e. The summed E-state index contributed by atoms with van der Waals surface area (Å²) >= 11 is 1.49. The highest BCUT2D eigenvalue weighted by molar-refractivity contribution is 7.98. The highest BCUT2D eigenvalue weighted by Gasteiger charge is 2.24. The van der Waals surface area contributed by atoms with E-state index in [0.717, 1.165) is 10.5 Å². The van der Waals surface area contributed by atoms with Crippen LogP contribution in [-0.4, -0.2) is 50.5 Å². The van der Waals surface area contributed by atoms with Gasteiger partial charge in [-0.3, -0.25) is 4.79 Å². The summed E-state index contributed by atoms with van der Waals surface area (Å²) in [5.74, 6) is -0.539. The van der Waals surface area contributed by atoms with E-state index in [0.29, 0.717) is 22.6 Å². The molecule has 178 valence electrons. The van der Waals surface area contributed by atoms with Gasteiger partial charge in [-0.15, -0.1) is 16.9 Å². The minimum absolute atomic E-state index is 0.0110. The Bertz CT molecular complexity index is 1360. The van der Waals surface area contributed by atoms with Gasteiger partial charge in [0.05, 0.1) is 24.6 Å². The molecule has 0 unspecified atom stereocenters.